The number of rotatable bonds is 3. The van der Waals surface area contributed by atoms with E-state index in [9.17, 15) is 0 Å². The normalized spacial score (nSPS) is 17.3. The van der Waals surface area contributed by atoms with Gasteiger partial charge in [0, 0.05) is 0 Å². The first-order chi connectivity index (χ1) is 5.43. The van der Waals surface area contributed by atoms with Crippen LogP contribution in [0.25, 0.3) is 0 Å². The van der Waals surface area contributed by atoms with Crippen molar-refractivity contribution in [3.63, 3.8) is 0 Å². The Hall–Kier alpha value is -0.780. The molecule has 0 heteroatoms. The van der Waals surface area contributed by atoms with Crippen LogP contribution in [-0.4, -0.2) is 0 Å². The number of hydrogen-bond donors (Lipinski definition) is 0. The molecule has 0 fully saturated rings. The Bertz CT molecular complexity index is 172. The summed E-state index contributed by atoms with van der Waals surface area (Å²) >= 11 is 0. The lowest BCUT2D eigenvalue weighted by atomic mass is 10.1. The summed E-state index contributed by atoms with van der Waals surface area (Å²) in [7, 11) is 0. The molecule has 0 amide bonds. The van der Waals surface area contributed by atoms with Gasteiger partial charge < -0.3 is 0 Å². The van der Waals surface area contributed by atoms with Gasteiger partial charge in [-0.1, -0.05) is 29.9 Å². The van der Waals surface area contributed by atoms with E-state index >= 15 is 0 Å². The zero-order valence-corrected chi connectivity index (χ0v) is 7.05. The van der Waals surface area contributed by atoms with Crippen molar-refractivity contribution in [2.75, 3.05) is 0 Å². The molecule has 0 aromatic carbocycles. The van der Waals surface area contributed by atoms with E-state index in [-0.39, 0.29) is 0 Å². The third-order valence-corrected chi connectivity index (χ3v) is 1.95. The smallest absolute Gasteiger partial charge is 0.0248 e. The fraction of sp³-hybridized carbons (Fsp3) is 0.455. The number of hydrogen-bond acceptors (Lipinski definition) is 0. The molecule has 1 aliphatic carbocycles. The summed E-state index contributed by atoms with van der Waals surface area (Å²) in [5, 5.41) is 0. The van der Waals surface area contributed by atoms with Gasteiger partial charge in [0.1, 0.15) is 0 Å². The highest BCUT2D eigenvalue weighted by Crippen LogP contribution is 2.14. The Labute approximate surface area is 69.3 Å². The van der Waals surface area contributed by atoms with Gasteiger partial charge in [-0.3, -0.25) is 0 Å². The summed E-state index contributed by atoms with van der Waals surface area (Å²) in [5.41, 5.74) is 1.49. The second kappa shape index (κ2) is 4.95. The van der Waals surface area contributed by atoms with Gasteiger partial charge in [0.15, 0.2) is 0 Å². The largest absolute Gasteiger partial charge is 0.103 e. The maximum absolute atomic E-state index is 3.72. The van der Waals surface area contributed by atoms with Crippen molar-refractivity contribution in [2.24, 2.45) is 0 Å². The minimum absolute atomic E-state index is 1.11. The van der Waals surface area contributed by atoms with Crippen LogP contribution in [0, 0.1) is 0 Å². The van der Waals surface area contributed by atoms with Gasteiger partial charge in [-0.05, 0) is 32.1 Å². The monoisotopic (exact) mass is 148 g/mol. The van der Waals surface area contributed by atoms with Gasteiger partial charge >= 0.3 is 0 Å². The summed E-state index contributed by atoms with van der Waals surface area (Å²) < 4.78 is 0. The van der Waals surface area contributed by atoms with E-state index in [4.69, 9.17) is 0 Å². The first-order valence-corrected chi connectivity index (χ1v) is 4.40. The second-order valence-electron chi connectivity index (χ2n) is 2.94. The average molecular weight is 148 g/mol. The third kappa shape index (κ3) is 3.22. The molecule has 0 atom stereocenters. The molecule has 0 radical (unpaired) electrons. The highest BCUT2D eigenvalue weighted by Gasteiger charge is 1.94. The Morgan fingerprint density at radius 2 is 2.36 bits per heavy atom. The zero-order chi connectivity index (χ0) is 7.94. The average Bonchev–Trinajstić information content (AvgIpc) is 2.28. The van der Waals surface area contributed by atoms with E-state index in [1.54, 1.807) is 0 Å². The fourth-order valence-electron chi connectivity index (χ4n) is 1.28. The molecule has 0 saturated heterocycles. The maximum Gasteiger partial charge on any atom is -0.0248 e. The molecular formula is C11H16. The van der Waals surface area contributed by atoms with Crippen LogP contribution in [-0.2, 0) is 0 Å². The molecule has 0 unspecified atom stereocenters. The van der Waals surface area contributed by atoms with E-state index in [2.05, 4.69) is 24.8 Å². The Morgan fingerprint density at radius 1 is 1.45 bits per heavy atom. The molecule has 0 spiro atoms. The van der Waals surface area contributed by atoms with E-state index in [1.807, 2.05) is 6.08 Å². The Morgan fingerprint density at radius 3 is 3.18 bits per heavy atom. The highest BCUT2D eigenvalue weighted by atomic mass is 14.0. The predicted molar refractivity (Wildman–Crippen MR) is 50.5 cm³/mol. The van der Waals surface area contributed by atoms with Crippen molar-refractivity contribution in [1.29, 1.82) is 0 Å². The van der Waals surface area contributed by atoms with Crippen molar-refractivity contribution in [2.45, 2.75) is 32.1 Å². The predicted octanol–water partition coefficient (Wildman–Crippen LogP) is 3.62. The SMILES string of the molecule is C=CCCC1=CCCCC=C1. The molecule has 60 valence electrons. The standard InChI is InChI=1S/C11H16/c1-2-3-8-11-9-6-4-5-7-10-11/h2,6,9-10H,1,3-5,7-8H2. The van der Waals surface area contributed by atoms with Gasteiger partial charge in [0.25, 0.3) is 0 Å². The van der Waals surface area contributed by atoms with Gasteiger partial charge in [0.2, 0.25) is 0 Å². The maximum atomic E-state index is 3.72. The van der Waals surface area contributed by atoms with Crippen molar-refractivity contribution in [1.82, 2.24) is 0 Å². The van der Waals surface area contributed by atoms with Gasteiger partial charge in [0.05, 0.1) is 0 Å². The van der Waals surface area contributed by atoms with Gasteiger partial charge in [-0.15, -0.1) is 6.58 Å². The van der Waals surface area contributed by atoms with E-state index < -0.39 is 0 Å². The quantitative estimate of drug-likeness (QED) is 0.536. The van der Waals surface area contributed by atoms with Crippen molar-refractivity contribution in [3.8, 4) is 0 Å². The van der Waals surface area contributed by atoms with Crippen LogP contribution in [0.3, 0.4) is 0 Å². The highest BCUT2D eigenvalue weighted by molar-refractivity contribution is 5.20. The number of allylic oxidation sites excluding steroid dienone is 5. The van der Waals surface area contributed by atoms with Crippen molar-refractivity contribution < 1.29 is 0 Å². The molecule has 0 nitrogen and oxygen atoms in total. The molecule has 0 saturated carbocycles. The molecule has 11 heavy (non-hydrogen) atoms. The third-order valence-electron chi connectivity index (χ3n) is 1.95. The molecule has 0 aliphatic heterocycles. The lowest BCUT2D eigenvalue weighted by Gasteiger charge is -1.96. The van der Waals surface area contributed by atoms with E-state index in [0.29, 0.717) is 0 Å². The van der Waals surface area contributed by atoms with Crippen LogP contribution in [0.1, 0.15) is 32.1 Å². The van der Waals surface area contributed by atoms with Crippen LogP contribution >= 0.6 is 0 Å². The molecule has 0 N–H and O–H groups in total. The minimum atomic E-state index is 1.11. The lowest BCUT2D eigenvalue weighted by molar-refractivity contribution is 0.871. The minimum Gasteiger partial charge on any atom is -0.103 e. The first kappa shape index (κ1) is 8.32. The topological polar surface area (TPSA) is 0 Å². The van der Waals surface area contributed by atoms with E-state index in [1.165, 1.54) is 31.3 Å². The van der Waals surface area contributed by atoms with Crippen LogP contribution in [0.2, 0.25) is 0 Å². The van der Waals surface area contributed by atoms with Crippen LogP contribution in [0.15, 0.2) is 36.5 Å². The first-order valence-electron chi connectivity index (χ1n) is 4.40. The Balaban J connectivity index is 2.39. The fourth-order valence-corrected chi connectivity index (χ4v) is 1.28. The van der Waals surface area contributed by atoms with Crippen molar-refractivity contribution >= 4 is 0 Å². The van der Waals surface area contributed by atoms with Gasteiger partial charge in [-0.25, -0.2) is 0 Å². The van der Waals surface area contributed by atoms with Gasteiger partial charge in [-0.2, -0.15) is 0 Å². The molecule has 0 bridgehead atoms. The summed E-state index contributed by atoms with van der Waals surface area (Å²) in [6.45, 7) is 3.72. The lowest BCUT2D eigenvalue weighted by Crippen LogP contribution is -1.76. The molecule has 0 aromatic heterocycles. The summed E-state index contributed by atoms with van der Waals surface area (Å²) in [5.74, 6) is 0. The van der Waals surface area contributed by atoms with Crippen LogP contribution < -0.4 is 0 Å². The molecule has 1 rings (SSSR count). The van der Waals surface area contributed by atoms with Crippen molar-refractivity contribution in [3.05, 3.63) is 36.5 Å². The molecule has 1 aliphatic rings. The van der Waals surface area contributed by atoms with Crippen LogP contribution in [0.5, 0.6) is 0 Å². The van der Waals surface area contributed by atoms with Crippen LogP contribution in [0.4, 0.5) is 0 Å². The summed E-state index contributed by atoms with van der Waals surface area (Å²) in [6, 6.07) is 0. The van der Waals surface area contributed by atoms with E-state index in [0.717, 1.165) is 6.42 Å². The summed E-state index contributed by atoms with van der Waals surface area (Å²) in [4.78, 5) is 0. The zero-order valence-electron chi connectivity index (χ0n) is 7.05. The second-order valence-corrected chi connectivity index (χ2v) is 2.94. The molecule has 0 heterocycles. The summed E-state index contributed by atoms with van der Waals surface area (Å²) in [6.07, 6.45) is 15.0. The molecular weight excluding hydrogens is 132 g/mol. The Kier molecular flexibility index (Phi) is 3.74. The molecule has 0 aromatic rings.